The van der Waals surface area contributed by atoms with Crippen molar-refractivity contribution >= 4 is 12.3 Å². The number of rotatable bonds is 3. The molecule has 0 unspecified atom stereocenters. The van der Waals surface area contributed by atoms with E-state index < -0.39 is 6.09 Å². The maximum Gasteiger partial charge on any atom is 0.427 e. The van der Waals surface area contributed by atoms with Crippen LogP contribution >= 0.6 is 0 Å². The monoisotopic (exact) mass is 224 g/mol. The van der Waals surface area contributed by atoms with Crippen LogP contribution in [-0.4, -0.2) is 31.6 Å². The third-order valence-electron chi connectivity index (χ3n) is 1.78. The maximum atomic E-state index is 10.7. The number of phenols is 1. The summed E-state index contributed by atoms with van der Waals surface area (Å²) in [6, 6.07) is 4.66. The SMILES string of the molecule is COC(=O)NN=Cc1cc(OC)ccc1O. The van der Waals surface area contributed by atoms with Crippen molar-refractivity contribution in [3.63, 3.8) is 0 Å². The molecule has 0 saturated heterocycles. The summed E-state index contributed by atoms with van der Waals surface area (Å²) in [7, 11) is 2.74. The molecule has 6 nitrogen and oxygen atoms in total. The van der Waals surface area contributed by atoms with Gasteiger partial charge in [-0.2, -0.15) is 5.10 Å². The highest BCUT2D eigenvalue weighted by Gasteiger charge is 2.00. The van der Waals surface area contributed by atoms with Gasteiger partial charge in [-0.1, -0.05) is 0 Å². The van der Waals surface area contributed by atoms with Gasteiger partial charge in [-0.15, -0.1) is 0 Å². The second-order valence-corrected chi connectivity index (χ2v) is 2.79. The highest BCUT2D eigenvalue weighted by molar-refractivity contribution is 5.84. The maximum absolute atomic E-state index is 10.7. The van der Waals surface area contributed by atoms with E-state index >= 15 is 0 Å². The highest BCUT2D eigenvalue weighted by atomic mass is 16.5. The molecule has 0 radical (unpaired) electrons. The zero-order valence-corrected chi connectivity index (χ0v) is 8.93. The molecule has 0 aromatic heterocycles. The lowest BCUT2D eigenvalue weighted by atomic mass is 10.2. The van der Waals surface area contributed by atoms with Crippen molar-refractivity contribution in [1.82, 2.24) is 5.43 Å². The second-order valence-electron chi connectivity index (χ2n) is 2.79. The van der Waals surface area contributed by atoms with E-state index in [4.69, 9.17) is 4.74 Å². The zero-order valence-electron chi connectivity index (χ0n) is 8.93. The lowest BCUT2D eigenvalue weighted by Gasteiger charge is -2.02. The molecule has 0 bridgehead atoms. The van der Waals surface area contributed by atoms with Crippen LogP contribution in [0.15, 0.2) is 23.3 Å². The Hall–Kier alpha value is -2.24. The van der Waals surface area contributed by atoms with Crippen molar-refractivity contribution in [2.75, 3.05) is 14.2 Å². The number of ether oxygens (including phenoxy) is 2. The Bertz CT molecular complexity index is 404. The molecule has 0 aliphatic rings. The van der Waals surface area contributed by atoms with E-state index in [1.165, 1.54) is 26.5 Å². The van der Waals surface area contributed by atoms with Gasteiger partial charge in [0.15, 0.2) is 0 Å². The van der Waals surface area contributed by atoms with Crippen molar-refractivity contribution in [1.29, 1.82) is 0 Å². The summed E-state index contributed by atoms with van der Waals surface area (Å²) in [4.78, 5) is 10.7. The van der Waals surface area contributed by atoms with Crippen LogP contribution in [0, 0.1) is 0 Å². The van der Waals surface area contributed by atoms with Gasteiger partial charge in [-0.25, -0.2) is 10.2 Å². The summed E-state index contributed by atoms with van der Waals surface area (Å²) in [5.41, 5.74) is 2.53. The number of hydrogen-bond acceptors (Lipinski definition) is 5. The van der Waals surface area contributed by atoms with Gasteiger partial charge in [0.05, 0.1) is 20.4 Å². The van der Waals surface area contributed by atoms with Gasteiger partial charge in [-0.3, -0.25) is 0 Å². The molecule has 0 heterocycles. The summed E-state index contributed by atoms with van der Waals surface area (Å²) in [5.74, 6) is 0.619. The van der Waals surface area contributed by atoms with Crippen LogP contribution < -0.4 is 10.2 Å². The Balaban J connectivity index is 2.75. The number of nitrogens with one attached hydrogen (secondary N) is 1. The van der Waals surface area contributed by atoms with Crippen LogP contribution in [0.1, 0.15) is 5.56 Å². The first-order chi connectivity index (χ1) is 7.67. The normalized spacial score (nSPS) is 10.1. The average Bonchev–Trinajstić information content (AvgIpc) is 2.31. The van der Waals surface area contributed by atoms with E-state index in [2.05, 4.69) is 15.3 Å². The van der Waals surface area contributed by atoms with E-state index in [0.29, 0.717) is 11.3 Å². The molecule has 0 spiro atoms. The first-order valence-electron chi connectivity index (χ1n) is 4.41. The number of methoxy groups -OCH3 is 2. The summed E-state index contributed by atoms with van der Waals surface area (Å²) in [6.45, 7) is 0. The Kier molecular flexibility index (Phi) is 4.14. The van der Waals surface area contributed by atoms with Crippen LogP contribution in [0.5, 0.6) is 11.5 Å². The number of aromatic hydroxyl groups is 1. The van der Waals surface area contributed by atoms with Crippen molar-refractivity contribution in [2.24, 2.45) is 5.10 Å². The van der Waals surface area contributed by atoms with Crippen LogP contribution in [-0.2, 0) is 4.74 Å². The largest absolute Gasteiger partial charge is 0.507 e. The van der Waals surface area contributed by atoms with Gasteiger partial charge in [-0.05, 0) is 18.2 Å². The second kappa shape index (κ2) is 5.59. The Morgan fingerprint density at radius 3 is 2.88 bits per heavy atom. The number of hydrazone groups is 1. The minimum atomic E-state index is -0.682. The summed E-state index contributed by atoms with van der Waals surface area (Å²) in [5, 5.41) is 13.0. The molecule has 16 heavy (non-hydrogen) atoms. The highest BCUT2D eigenvalue weighted by Crippen LogP contribution is 2.20. The number of carbonyl (C=O) groups excluding carboxylic acids is 1. The van der Waals surface area contributed by atoms with Gasteiger partial charge >= 0.3 is 6.09 Å². The number of hydrogen-bond donors (Lipinski definition) is 2. The van der Waals surface area contributed by atoms with Gasteiger partial charge in [0, 0.05) is 5.56 Å². The van der Waals surface area contributed by atoms with E-state index in [1.54, 1.807) is 12.1 Å². The van der Waals surface area contributed by atoms with E-state index in [1.807, 2.05) is 0 Å². The van der Waals surface area contributed by atoms with Gasteiger partial charge in [0.2, 0.25) is 0 Å². The average molecular weight is 224 g/mol. The quantitative estimate of drug-likeness (QED) is 0.595. The van der Waals surface area contributed by atoms with Crippen molar-refractivity contribution in [3.05, 3.63) is 23.8 Å². The zero-order chi connectivity index (χ0) is 12.0. The summed E-state index contributed by atoms with van der Waals surface area (Å²) < 4.78 is 9.29. The lowest BCUT2D eigenvalue weighted by Crippen LogP contribution is -2.16. The summed E-state index contributed by atoms with van der Waals surface area (Å²) in [6.07, 6.45) is 0.605. The molecule has 0 saturated carbocycles. The predicted molar refractivity (Wildman–Crippen MR) is 57.8 cm³/mol. The van der Waals surface area contributed by atoms with Crippen LogP contribution in [0.25, 0.3) is 0 Å². The Morgan fingerprint density at radius 2 is 2.25 bits per heavy atom. The Labute approximate surface area is 92.5 Å². The molecule has 0 aliphatic heterocycles. The fourth-order valence-electron chi connectivity index (χ4n) is 0.963. The van der Waals surface area contributed by atoms with E-state index in [9.17, 15) is 9.90 Å². The molecule has 6 heteroatoms. The molecule has 2 N–H and O–H groups in total. The fraction of sp³-hybridized carbons (Fsp3) is 0.200. The van der Waals surface area contributed by atoms with E-state index in [-0.39, 0.29) is 5.75 Å². The standard InChI is InChI=1S/C10H12N2O4/c1-15-8-3-4-9(13)7(5-8)6-11-12-10(14)16-2/h3-6,13H,1-2H3,(H,12,14). The minimum Gasteiger partial charge on any atom is -0.507 e. The van der Waals surface area contributed by atoms with Crippen LogP contribution in [0.4, 0.5) is 4.79 Å². The van der Waals surface area contributed by atoms with Gasteiger partial charge in [0.25, 0.3) is 0 Å². The fourth-order valence-corrected chi connectivity index (χ4v) is 0.963. The molecule has 1 rings (SSSR count). The minimum absolute atomic E-state index is 0.0382. The topological polar surface area (TPSA) is 80.2 Å². The molecule has 0 aliphatic carbocycles. The van der Waals surface area contributed by atoms with Gasteiger partial charge in [0.1, 0.15) is 11.5 Å². The molecule has 1 aromatic rings. The molecule has 86 valence electrons. The van der Waals surface area contributed by atoms with Crippen molar-refractivity contribution in [3.8, 4) is 11.5 Å². The van der Waals surface area contributed by atoms with Crippen molar-refractivity contribution in [2.45, 2.75) is 0 Å². The molecule has 0 atom stereocenters. The smallest absolute Gasteiger partial charge is 0.427 e. The van der Waals surface area contributed by atoms with Crippen LogP contribution in [0.3, 0.4) is 0 Å². The number of amides is 1. The molecule has 1 aromatic carbocycles. The first-order valence-corrected chi connectivity index (χ1v) is 4.41. The van der Waals surface area contributed by atoms with Gasteiger partial charge < -0.3 is 14.6 Å². The third kappa shape index (κ3) is 3.16. The predicted octanol–water partition coefficient (Wildman–Crippen LogP) is 1.09. The number of carbonyl (C=O) groups is 1. The first kappa shape index (κ1) is 11.8. The molecule has 0 fully saturated rings. The number of nitrogens with zero attached hydrogens (tertiary/aromatic N) is 1. The lowest BCUT2D eigenvalue weighted by molar-refractivity contribution is 0.171. The van der Waals surface area contributed by atoms with Crippen LogP contribution in [0.2, 0.25) is 0 Å². The molecular weight excluding hydrogens is 212 g/mol. The number of phenolic OH excluding ortho intramolecular Hbond substituents is 1. The molecule has 1 amide bonds. The number of benzene rings is 1. The van der Waals surface area contributed by atoms with Crippen molar-refractivity contribution < 1.29 is 19.4 Å². The molecular formula is C10H12N2O4. The summed E-state index contributed by atoms with van der Waals surface area (Å²) >= 11 is 0. The van der Waals surface area contributed by atoms with E-state index in [0.717, 1.165) is 0 Å². The Morgan fingerprint density at radius 1 is 1.50 bits per heavy atom. The third-order valence-corrected chi connectivity index (χ3v) is 1.78.